The second kappa shape index (κ2) is 8.15. The van der Waals surface area contributed by atoms with Crippen LogP contribution in [0.3, 0.4) is 0 Å². The lowest BCUT2D eigenvalue weighted by molar-refractivity contribution is 0.0170. The largest absolute Gasteiger partial charge is 0.491 e. The van der Waals surface area contributed by atoms with Gasteiger partial charge in [0.25, 0.3) is 0 Å². The first-order valence-corrected chi connectivity index (χ1v) is 6.92. The molecule has 0 aromatic heterocycles. The summed E-state index contributed by atoms with van der Waals surface area (Å²) in [6, 6.07) is 8.04. The first-order chi connectivity index (χ1) is 9.36. The number of ether oxygens (including phenoxy) is 3. The molecule has 0 saturated carbocycles. The van der Waals surface area contributed by atoms with Crippen LogP contribution in [0.15, 0.2) is 24.3 Å². The Kier molecular flexibility index (Phi) is 6.14. The molecule has 0 N–H and O–H groups in total. The lowest BCUT2D eigenvalue weighted by atomic mass is 10.2. The molecule has 0 aliphatic carbocycles. The number of para-hydroxylation sites is 1. The number of benzene rings is 1. The average Bonchev–Trinajstić information content (AvgIpc) is 2.45. The fraction of sp³-hybridized carbons (Fsp3) is 0.600. The fourth-order valence-corrected chi connectivity index (χ4v) is 2.05. The van der Waals surface area contributed by atoms with Gasteiger partial charge >= 0.3 is 0 Å². The molecule has 106 valence electrons. The minimum Gasteiger partial charge on any atom is -0.491 e. The predicted molar refractivity (Wildman–Crippen MR) is 74.8 cm³/mol. The van der Waals surface area contributed by atoms with Crippen LogP contribution < -0.4 is 4.74 Å². The normalized spacial score (nSPS) is 16.5. The molecular formula is C15H23NO3. The molecule has 0 spiro atoms. The van der Waals surface area contributed by atoms with Gasteiger partial charge < -0.3 is 14.2 Å². The lowest BCUT2D eigenvalue weighted by Crippen LogP contribution is -2.38. The molecule has 0 amide bonds. The van der Waals surface area contributed by atoms with E-state index in [-0.39, 0.29) is 0 Å². The maximum atomic E-state index is 5.67. The fourth-order valence-electron chi connectivity index (χ4n) is 2.05. The second-order valence-electron chi connectivity index (χ2n) is 4.68. The van der Waals surface area contributed by atoms with Gasteiger partial charge in [-0.3, -0.25) is 4.90 Å². The van der Waals surface area contributed by atoms with E-state index in [1.54, 1.807) is 0 Å². The van der Waals surface area contributed by atoms with Crippen LogP contribution in [0.1, 0.15) is 5.56 Å². The van der Waals surface area contributed by atoms with Crippen molar-refractivity contribution in [1.82, 2.24) is 4.90 Å². The van der Waals surface area contributed by atoms with Crippen LogP contribution in [-0.4, -0.2) is 57.6 Å². The highest BCUT2D eigenvalue weighted by Gasteiger charge is 2.09. The van der Waals surface area contributed by atoms with Gasteiger partial charge in [-0.25, -0.2) is 0 Å². The summed E-state index contributed by atoms with van der Waals surface area (Å²) in [4.78, 5) is 2.37. The van der Waals surface area contributed by atoms with Crippen molar-refractivity contribution in [1.29, 1.82) is 0 Å². The maximum Gasteiger partial charge on any atom is 0.122 e. The number of morpholine rings is 1. The van der Waals surface area contributed by atoms with Crippen LogP contribution in [0.25, 0.3) is 0 Å². The summed E-state index contributed by atoms with van der Waals surface area (Å²) in [6.45, 7) is 8.76. The Hall–Kier alpha value is -1.10. The Morgan fingerprint density at radius 3 is 2.68 bits per heavy atom. The Bertz CT molecular complexity index is 364. The summed E-state index contributed by atoms with van der Waals surface area (Å²) in [6.07, 6.45) is 0. The molecule has 0 bridgehead atoms. The van der Waals surface area contributed by atoms with Crippen LogP contribution in [-0.2, 0) is 9.47 Å². The third-order valence-electron chi connectivity index (χ3n) is 3.23. The summed E-state index contributed by atoms with van der Waals surface area (Å²) in [5, 5.41) is 0. The van der Waals surface area contributed by atoms with Crippen molar-refractivity contribution < 1.29 is 14.2 Å². The summed E-state index contributed by atoms with van der Waals surface area (Å²) in [5.74, 6) is 0.944. The van der Waals surface area contributed by atoms with Crippen molar-refractivity contribution in [3.63, 3.8) is 0 Å². The highest BCUT2D eigenvalue weighted by Crippen LogP contribution is 2.15. The maximum absolute atomic E-state index is 5.67. The molecule has 4 heteroatoms. The van der Waals surface area contributed by atoms with E-state index >= 15 is 0 Å². The van der Waals surface area contributed by atoms with E-state index in [9.17, 15) is 0 Å². The van der Waals surface area contributed by atoms with Gasteiger partial charge in [0, 0.05) is 19.6 Å². The Labute approximate surface area is 115 Å². The molecule has 1 aliphatic rings. The van der Waals surface area contributed by atoms with Crippen LogP contribution in [0.4, 0.5) is 0 Å². The molecule has 1 heterocycles. The molecule has 1 aliphatic heterocycles. The van der Waals surface area contributed by atoms with Crippen LogP contribution >= 0.6 is 0 Å². The predicted octanol–water partition coefficient (Wildman–Crippen LogP) is 1.72. The Balaban J connectivity index is 1.51. The molecule has 0 radical (unpaired) electrons. The van der Waals surface area contributed by atoms with Crippen molar-refractivity contribution in [2.24, 2.45) is 0 Å². The van der Waals surface area contributed by atoms with Gasteiger partial charge in [-0.1, -0.05) is 18.2 Å². The molecule has 1 fully saturated rings. The molecule has 2 rings (SSSR count). The van der Waals surface area contributed by atoms with Gasteiger partial charge in [-0.15, -0.1) is 0 Å². The zero-order chi connectivity index (χ0) is 13.3. The van der Waals surface area contributed by atoms with Crippen LogP contribution in [0, 0.1) is 6.92 Å². The zero-order valence-electron chi connectivity index (χ0n) is 11.6. The summed E-state index contributed by atoms with van der Waals surface area (Å²) >= 11 is 0. The topological polar surface area (TPSA) is 30.9 Å². The summed E-state index contributed by atoms with van der Waals surface area (Å²) < 4.78 is 16.6. The van der Waals surface area contributed by atoms with Gasteiger partial charge in [0.1, 0.15) is 12.4 Å². The van der Waals surface area contributed by atoms with Gasteiger partial charge in [0.05, 0.1) is 26.4 Å². The van der Waals surface area contributed by atoms with Crippen LogP contribution in [0.5, 0.6) is 5.75 Å². The number of nitrogens with zero attached hydrogens (tertiary/aromatic N) is 1. The highest BCUT2D eigenvalue weighted by molar-refractivity contribution is 5.31. The first-order valence-electron chi connectivity index (χ1n) is 6.92. The number of hydrogen-bond acceptors (Lipinski definition) is 4. The number of hydrogen-bond donors (Lipinski definition) is 0. The summed E-state index contributed by atoms with van der Waals surface area (Å²) in [7, 11) is 0. The molecule has 4 nitrogen and oxygen atoms in total. The Morgan fingerprint density at radius 2 is 1.89 bits per heavy atom. The van der Waals surface area contributed by atoms with Gasteiger partial charge in [0.2, 0.25) is 0 Å². The minimum absolute atomic E-state index is 0.605. The quantitative estimate of drug-likeness (QED) is 0.702. The standard InChI is InChI=1S/C15H23NO3/c1-14-4-2-3-5-15(14)19-13-12-18-11-8-16-6-9-17-10-7-16/h2-5H,6-13H2,1H3. The van der Waals surface area contributed by atoms with E-state index in [1.165, 1.54) is 0 Å². The van der Waals surface area contributed by atoms with Crippen molar-refractivity contribution >= 4 is 0 Å². The monoisotopic (exact) mass is 265 g/mol. The van der Waals surface area contributed by atoms with Crippen LogP contribution in [0.2, 0.25) is 0 Å². The molecule has 1 aromatic carbocycles. The van der Waals surface area contributed by atoms with Gasteiger partial charge in [-0.05, 0) is 18.6 Å². The molecule has 0 atom stereocenters. The summed E-state index contributed by atoms with van der Waals surface area (Å²) in [5.41, 5.74) is 1.16. The van der Waals surface area contributed by atoms with E-state index in [4.69, 9.17) is 14.2 Å². The van der Waals surface area contributed by atoms with Gasteiger partial charge in [0.15, 0.2) is 0 Å². The van der Waals surface area contributed by atoms with Crippen molar-refractivity contribution in [2.45, 2.75) is 6.92 Å². The second-order valence-corrected chi connectivity index (χ2v) is 4.68. The van der Waals surface area contributed by atoms with Gasteiger partial charge in [-0.2, -0.15) is 0 Å². The highest BCUT2D eigenvalue weighted by atomic mass is 16.5. The molecule has 19 heavy (non-hydrogen) atoms. The molecule has 1 aromatic rings. The zero-order valence-corrected chi connectivity index (χ0v) is 11.6. The van der Waals surface area contributed by atoms with E-state index in [0.29, 0.717) is 13.2 Å². The number of rotatable bonds is 7. The average molecular weight is 265 g/mol. The Morgan fingerprint density at radius 1 is 1.11 bits per heavy atom. The SMILES string of the molecule is Cc1ccccc1OCCOCCN1CCOCC1. The van der Waals surface area contributed by atoms with E-state index < -0.39 is 0 Å². The third-order valence-corrected chi connectivity index (χ3v) is 3.23. The van der Waals surface area contributed by atoms with E-state index in [2.05, 4.69) is 17.9 Å². The lowest BCUT2D eigenvalue weighted by Gasteiger charge is -2.26. The van der Waals surface area contributed by atoms with Crippen molar-refractivity contribution in [3.05, 3.63) is 29.8 Å². The van der Waals surface area contributed by atoms with Crippen molar-refractivity contribution in [3.8, 4) is 5.75 Å². The molecular weight excluding hydrogens is 242 g/mol. The third kappa shape index (κ3) is 5.19. The molecule has 0 unspecified atom stereocenters. The first kappa shape index (κ1) is 14.3. The van der Waals surface area contributed by atoms with Crippen molar-refractivity contribution in [2.75, 3.05) is 52.7 Å². The molecule has 1 saturated heterocycles. The minimum atomic E-state index is 0.605. The van der Waals surface area contributed by atoms with E-state index in [1.807, 2.05) is 18.2 Å². The number of aryl methyl sites for hydroxylation is 1. The smallest absolute Gasteiger partial charge is 0.122 e. The van der Waals surface area contributed by atoms with E-state index in [0.717, 1.165) is 50.8 Å².